The van der Waals surface area contributed by atoms with E-state index in [4.69, 9.17) is 0 Å². The molecule has 9 nitrogen and oxygen atoms in total. The Kier molecular flexibility index (Phi) is 5.20. The first-order valence-corrected chi connectivity index (χ1v) is 9.09. The quantitative estimate of drug-likeness (QED) is 0.510. The average Bonchev–Trinajstić information content (AvgIpc) is 2.48. The van der Waals surface area contributed by atoms with Crippen molar-refractivity contribution >= 4 is 58.9 Å². The summed E-state index contributed by atoms with van der Waals surface area (Å²) in [5.41, 5.74) is -2.19. The number of nitro groups is 2. The Hall–Kier alpha value is -2.05. The Labute approximate surface area is 152 Å². The van der Waals surface area contributed by atoms with E-state index in [-0.39, 0.29) is 9.37 Å². The molecule has 0 spiro atoms. The molecule has 2 aromatic carbocycles. The Morgan fingerprint density at radius 1 is 0.875 bits per heavy atom. The summed E-state index contributed by atoms with van der Waals surface area (Å²) in [7, 11) is -4.25. The van der Waals surface area contributed by atoms with Crippen molar-refractivity contribution < 1.29 is 18.3 Å². The summed E-state index contributed by atoms with van der Waals surface area (Å²) in [6.45, 7) is 0. The molecular formula is C12H7Br2N3O6S. The van der Waals surface area contributed by atoms with E-state index >= 15 is 0 Å². The number of hydrogen-bond acceptors (Lipinski definition) is 6. The first kappa shape index (κ1) is 18.3. The molecule has 0 saturated heterocycles. The van der Waals surface area contributed by atoms with E-state index in [2.05, 4.69) is 31.9 Å². The number of nitro benzene ring substituents is 2. The minimum atomic E-state index is -4.25. The monoisotopic (exact) mass is 479 g/mol. The van der Waals surface area contributed by atoms with Crippen LogP contribution in [0.5, 0.6) is 0 Å². The highest BCUT2D eigenvalue weighted by atomic mass is 79.9. The molecule has 0 aliphatic carbocycles. The third kappa shape index (κ3) is 3.88. The highest BCUT2D eigenvalue weighted by Gasteiger charge is 2.30. The van der Waals surface area contributed by atoms with Crippen LogP contribution in [0.4, 0.5) is 17.1 Å². The molecular weight excluding hydrogens is 474 g/mol. The van der Waals surface area contributed by atoms with Gasteiger partial charge < -0.3 is 0 Å². The molecule has 0 fully saturated rings. The van der Waals surface area contributed by atoms with E-state index in [0.717, 1.165) is 12.1 Å². The van der Waals surface area contributed by atoms with E-state index in [0.29, 0.717) is 4.47 Å². The molecule has 1 N–H and O–H groups in total. The minimum absolute atomic E-state index is 0.0764. The minimum Gasteiger partial charge on any atom is -0.267 e. The van der Waals surface area contributed by atoms with Crippen molar-refractivity contribution in [2.45, 2.75) is 4.90 Å². The molecule has 12 heteroatoms. The average molecular weight is 481 g/mol. The van der Waals surface area contributed by atoms with E-state index in [1.54, 1.807) is 0 Å². The lowest BCUT2D eigenvalue weighted by Crippen LogP contribution is -2.15. The predicted octanol–water partition coefficient (Wildman–Crippen LogP) is 3.83. The van der Waals surface area contributed by atoms with Crippen molar-refractivity contribution in [3.63, 3.8) is 0 Å². The summed E-state index contributed by atoms with van der Waals surface area (Å²) < 4.78 is 27.4. The number of rotatable bonds is 5. The number of hydrogen-bond donors (Lipinski definition) is 1. The van der Waals surface area contributed by atoms with E-state index < -0.39 is 36.9 Å². The van der Waals surface area contributed by atoms with Gasteiger partial charge in [0, 0.05) is 21.1 Å². The molecule has 0 unspecified atom stereocenters. The second-order valence-electron chi connectivity index (χ2n) is 4.39. The van der Waals surface area contributed by atoms with Crippen LogP contribution in [-0.4, -0.2) is 18.3 Å². The van der Waals surface area contributed by atoms with Crippen LogP contribution in [0.25, 0.3) is 0 Å². The first-order valence-electron chi connectivity index (χ1n) is 6.02. The standard InChI is InChI=1S/C12H7Br2N3O6S/c13-7-1-3-9(4-2-7)24(22,23)15-12-10(16(18)19)5-8(14)6-11(12)17(20)21/h1-6,15H. The van der Waals surface area contributed by atoms with Gasteiger partial charge in [-0.1, -0.05) is 31.9 Å². The maximum absolute atomic E-state index is 12.4. The molecule has 0 heterocycles. The van der Waals surface area contributed by atoms with Crippen LogP contribution in [0.1, 0.15) is 0 Å². The van der Waals surface area contributed by atoms with Gasteiger partial charge in [0.2, 0.25) is 5.69 Å². The van der Waals surface area contributed by atoms with Gasteiger partial charge in [-0.25, -0.2) is 8.42 Å². The topological polar surface area (TPSA) is 132 Å². The maximum atomic E-state index is 12.4. The van der Waals surface area contributed by atoms with Gasteiger partial charge >= 0.3 is 11.4 Å². The van der Waals surface area contributed by atoms with Gasteiger partial charge in [-0.2, -0.15) is 0 Å². The fourth-order valence-corrected chi connectivity index (χ4v) is 3.57. The summed E-state index contributed by atoms with van der Waals surface area (Å²) in [6, 6.07) is 7.38. The third-order valence-corrected chi connectivity index (χ3v) is 5.17. The maximum Gasteiger partial charge on any atom is 0.301 e. The van der Waals surface area contributed by atoms with Crippen molar-refractivity contribution in [3.8, 4) is 0 Å². The van der Waals surface area contributed by atoms with E-state index in [9.17, 15) is 28.6 Å². The fourth-order valence-electron chi connectivity index (χ4n) is 1.78. The number of nitrogens with zero attached hydrogens (tertiary/aromatic N) is 2. The molecule has 2 rings (SSSR count). The van der Waals surface area contributed by atoms with Crippen molar-refractivity contribution in [2.24, 2.45) is 0 Å². The molecule has 0 atom stereocenters. The summed E-state index contributed by atoms with van der Waals surface area (Å²) >= 11 is 6.07. The zero-order chi connectivity index (χ0) is 18.1. The fraction of sp³-hybridized carbons (Fsp3) is 0. The number of anilines is 1. The molecule has 126 valence electrons. The normalized spacial score (nSPS) is 11.1. The van der Waals surface area contributed by atoms with Crippen molar-refractivity contribution in [1.29, 1.82) is 0 Å². The third-order valence-electron chi connectivity index (χ3n) is 2.82. The molecule has 0 bridgehead atoms. The summed E-state index contributed by atoms with van der Waals surface area (Å²) in [5.74, 6) is 0. The Balaban J connectivity index is 2.61. The molecule has 0 aromatic heterocycles. The molecule has 2 aromatic rings. The molecule has 0 saturated carbocycles. The first-order chi connectivity index (χ1) is 11.1. The number of nitrogens with one attached hydrogen (secondary N) is 1. The number of benzene rings is 2. The predicted molar refractivity (Wildman–Crippen MR) is 92.4 cm³/mol. The van der Waals surface area contributed by atoms with Crippen molar-refractivity contribution in [3.05, 3.63) is 65.6 Å². The van der Waals surface area contributed by atoms with Crippen LogP contribution in [0.3, 0.4) is 0 Å². The summed E-state index contributed by atoms with van der Waals surface area (Å²) in [6.07, 6.45) is 0. The molecule has 0 amide bonds. The lowest BCUT2D eigenvalue weighted by molar-refractivity contribution is -0.392. The Bertz CT molecular complexity index is 895. The van der Waals surface area contributed by atoms with Gasteiger partial charge in [-0.3, -0.25) is 25.0 Å². The second kappa shape index (κ2) is 6.83. The van der Waals surface area contributed by atoms with Crippen LogP contribution in [0.2, 0.25) is 0 Å². The lowest BCUT2D eigenvalue weighted by atomic mass is 10.2. The van der Waals surface area contributed by atoms with Crippen molar-refractivity contribution in [2.75, 3.05) is 4.72 Å². The Morgan fingerprint density at radius 3 is 1.75 bits per heavy atom. The molecule has 0 aliphatic heterocycles. The molecule has 0 aliphatic rings. The lowest BCUT2D eigenvalue weighted by Gasteiger charge is -2.09. The van der Waals surface area contributed by atoms with Crippen LogP contribution in [-0.2, 0) is 10.0 Å². The number of halogens is 2. The zero-order valence-corrected chi connectivity index (χ0v) is 15.5. The summed E-state index contributed by atoms with van der Waals surface area (Å²) in [5, 5.41) is 22.3. The van der Waals surface area contributed by atoms with Crippen LogP contribution in [0.15, 0.2) is 50.2 Å². The van der Waals surface area contributed by atoms with Gasteiger partial charge in [-0.15, -0.1) is 0 Å². The van der Waals surface area contributed by atoms with Gasteiger partial charge in [0.25, 0.3) is 10.0 Å². The second-order valence-corrected chi connectivity index (χ2v) is 7.91. The highest BCUT2D eigenvalue weighted by molar-refractivity contribution is 9.10. The van der Waals surface area contributed by atoms with Gasteiger partial charge in [0.1, 0.15) is 0 Å². The van der Waals surface area contributed by atoms with E-state index in [1.165, 1.54) is 24.3 Å². The van der Waals surface area contributed by atoms with Gasteiger partial charge in [-0.05, 0) is 24.3 Å². The molecule has 0 radical (unpaired) electrons. The largest absolute Gasteiger partial charge is 0.301 e. The summed E-state index contributed by atoms with van der Waals surface area (Å²) in [4.78, 5) is 20.3. The van der Waals surface area contributed by atoms with Gasteiger partial charge in [0.05, 0.1) is 14.7 Å². The Morgan fingerprint density at radius 2 is 1.33 bits per heavy atom. The van der Waals surface area contributed by atoms with Crippen molar-refractivity contribution in [1.82, 2.24) is 0 Å². The smallest absolute Gasteiger partial charge is 0.267 e. The molecule has 24 heavy (non-hydrogen) atoms. The van der Waals surface area contributed by atoms with Crippen LogP contribution in [0, 0.1) is 20.2 Å². The zero-order valence-electron chi connectivity index (χ0n) is 11.5. The van der Waals surface area contributed by atoms with Crippen LogP contribution >= 0.6 is 31.9 Å². The van der Waals surface area contributed by atoms with Gasteiger partial charge in [0.15, 0.2) is 0 Å². The number of sulfonamides is 1. The SMILES string of the molecule is O=[N+]([O-])c1cc(Br)cc([N+](=O)[O-])c1NS(=O)(=O)c1ccc(Br)cc1. The highest BCUT2D eigenvalue weighted by Crippen LogP contribution is 2.38. The van der Waals surface area contributed by atoms with E-state index in [1.807, 2.05) is 4.72 Å². The van der Waals surface area contributed by atoms with Crippen LogP contribution < -0.4 is 4.72 Å².